The van der Waals surface area contributed by atoms with E-state index < -0.39 is 17.6 Å². The van der Waals surface area contributed by atoms with E-state index in [0.717, 1.165) is 0 Å². The van der Waals surface area contributed by atoms with Crippen LogP contribution in [0.5, 0.6) is 0 Å². The molecule has 0 aliphatic carbocycles. The largest absolute Gasteiger partial charge is 0.444 e. The quantitative estimate of drug-likeness (QED) is 0.844. The number of rotatable bonds is 5. The van der Waals surface area contributed by atoms with Gasteiger partial charge in [0.05, 0.1) is 0 Å². The van der Waals surface area contributed by atoms with E-state index in [1.54, 1.807) is 39.0 Å². The fourth-order valence-electron chi connectivity index (χ4n) is 1.64. The number of hydrogen-bond acceptors (Lipinski definition) is 3. The van der Waals surface area contributed by atoms with E-state index in [0.29, 0.717) is 11.8 Å². The summed E-state index contributed by atoms with van der Waals surface area (Å²) in [5.41, 5.74) is -0.137. The molecular formula is C15H20FNO3. The molecule has 20 heavy (non-hydrogen) atoms. The van der Waals surface area contributed by atoms with E-state index in [-0.39, 0.29) is 18.8 Å². The molecule has 0 aromatic heterocycles. The minimum Gasteiger partial charge on any atom is -0.444 e. The van der Waals surface area contributed by atoms with Crippen LogP contribution in [-0.2, 0) is 16.0 Å². The standard InChI is InChI=1S/C15H20FNO3/c1-15(2,3)20-14(19)17-9-11(10-18)8-12-6-4-5-7-13(12)16/h4-7,10-11H,8-9H2,1-3H3,(H,17,19). The smallest absolute Gasteiger partial charge is 0.407 e. The first-order chi connectivity index (χ1) is 9.31. The maximum absolute atomic E-state index is 13.5. The molecule has 1 aromatic rings. The summed E-state index contributed by atoms with van der Waals surface area (Å²) in [7, 11) is 0. The first kappa shape index (κ1) is 16.1. The maximum atomic E-state index is 13.5. The number of nitrogens with one attached hydrogen (secondary N) is 1. The summed E-state index contributed by atoms with van der Waals surface area (Å²) in [5.74, 6) is -0.837. The highest BCUT2D eigenvalue weighted by atomic mass is 19.1. The van der Waals surface area contributed by atoms with E-state index in [2.05, 4.69) is 5.32 Å². The monoisotopic (exact) mass is 281 g/mol. The van der Waals surface area contributed by atoms with Gasteiger partial charge in [0.2, 0.25) is 0 Å². The average Bonchev–Trinajstić information content (AvgIpc) is 2.34. The predicted molar refractivity (Wildman–Crippen MR) is 73.9 cm³/mol. The topological polar surface area (TPSA) is 55.4 Å². The molecule has 1 aromatic carbocycles. The van der Waals surface area contributed by atoms with Crippen molar-refractivity contribution in [2.24, 2.45) is 5.92 Å². The maximum Gasteiger partial charge on any atom is 0.407 e. The van der Waals surface area contributed by atoms with E-state index in [9.17, 15) is 14.0 Å². The lowest BCUT2D eigenvalue weighted by molar-refractivity contribution is -0.110. The Kier molecular flexibility index (Phi) is 5.67. The van der Waals surface area contributed by atoms with Crippen molar-refractivity contribution in [3.8, 4) is 0 Å². The van der Waals surface area contributed by atoms with Crippen LogP contribution in [0.15, 0.2) is 24.3 Å². The molecule has 0 fully saturated rings. The molecule has 1 N–H and O–H groups in total. The fraction of sp³-hybridized carbons (Fsp3) is 0.467. The van der Waals surface area contributed by atoms with Crippen molar-refractivity contribution in [2.45, 2.75) is 32.8 Å². The third-order valence-electron chi connectivity index (χ3n) is 2.54. The number of carbonyl (C=O) groups excluding carboxylic acids is 2. The van der Waals surface area contributed by atoms with Crippen LogP contribution in [0.3, 0.4) is 0 Å². The van der Waals surface area contributed by atoms with Gasteiger partial charge in [-0.15, -0.1) is 0 Å². The van der Waals surface area contributed by atoms with Crippen LogP contribution < -0.4 is 5.32 Å². The summed E-state index contributed by atoms with van der Waals surface area (Å²) in [6.45, 7) is 5.38. The SMILES string of the molecule is CC(C)(C)OC(=O)NCC(C=O)Cc1ccccc1F. The molecule has 0 saturated carbocycles. The molecule has 4 nitrogen and oxygen atoms in total. The molecule has 110 valence electrons. The van der Waals surface area contributed by atoms with E-state index >= 15 is 0 Å². The van der Waals surface area contributed by atoms with Crippen LogP contribution in [0.2, 0.25) is 0 Å². The minimum atomic E-state index is -0.591. The summed E-state index contributed by atoms with van der Waals surface area (Å²) in [5, 5.41) is 2.52. The van der Waals surface area contributed by atoms with Gasteiger partial charge in [-0.25, -0.2) is 9.18 Å². The second-order valence-corrected chi connectivity index (χ2v) is 5.57. The molecule has 0 radical (unpaired) electrons. The summed E-state index contributed by atoms with van der Waals surface area (Å²) < 4.78 is 18.5. The molecule has 0 aliphatic rings. The molecule has 0 bridgehead atoms. The third kappa shape index (κ3) is 5.82. The molecule has 5 heteroatoms. The Hall–Kier alpha value is -1.91. The van der Waals surface area contributed by atoms with Crippen molar-refractivity contribution in [1.82, 2.24) is 5.32 Å². The van der Waals surface area contributed by atoms with Gasteiger partial charge in [-0.2, -0.15) is 0 Å². The Morgan fingerprint density at radius 2 is 2.05 bits per heavy atom. The summed E-state index contributed by atoms with van der Waals surface area (Å²) >= 11 is 0. The zero-order valence-corrected chi connectivity index (χ0v) is 12.0. The normalized spacial score (nSPS) is 12.6. The van der Waals surface area contributed by atoms with E-state index in [4.69, 9.17) is 4.74 Å². The Morgan fingerprint density at radius 1 is 1.40 bits per heavy atom. The fourth-order valence-corrected chi connectivity index (χ4v) is 1.64. The van der Waals surface area contributed by atoms with Gasteiger partial charge in [0.25, 0.3) is 0 Å². The van der Waals surface area contributed by atoms with Crippen LogP contribution in [0, 0.1) is 11.7 Å². The minimum absolute atomic E-state index is 0.118. The number of benzene rings is 1. The Balaban J connectivity index is 2.50. The van der Waals surface area contributed by atoms with Crippen LogP contribution in [-0.4, -0.2) is 24.5 Å². The predicted octanol–water partition coefficient (Wildman–Crippen LogP) is 2.71. The first-order valence-corrected chi connectivity index (χ1v) is 6.47. The molecule has 0 aliphatic heterocycles. The number of carbonyl (C=O) groups is 2. The number of halogens is 1. The zero-order chi connectivity index (χ0) is 15.2. The second-order valence-electron chi connectivity index (χ2n) is 5.57. The number of ether oxygens (including phenoxy) is 1. The molecule has 1 rings (SSSR count). The Labute approximate surface area is 118 Å². The number of aldehydes is 1. The van der Waals surface area contributed by atoms with Gasteiger partial charge in [0.15, 0.2) is 0 Å². The Bertz CT molecular complexity index is 468. The number of alkyl carbamates (subject to hydrolysis) is 1. The summed E-state index contributed by atoms with van der Waals surface area (Å²) in [6, 6.07) is 6.27. The van der Waals surface area contributed by atoms with Crippen molar-refractivity contribution < 1.29 is 18.7 Å². The van der Waals surface area contributed by atoms with Gasteiger partial charge in [0.1, 0.15) is 17.7 Å². The van der Waals surface area contributed by atoms with Crippen molar-refractivity contribution in [1.29, 1.82) is 0 Å². The molecule has 0 heterocycles. The average molecular weight is 281 g/mol. The van der Waals surface area contributed by atoms with Gasteiger partial charge in [-0.3, -0.25) is 0 Å². The van der Waals surface area contributed by atoms with Crippen LogP contribution in [0.4, 0.5) is 9.18 Å². The van der Waals surface area contributed by atoms with E-state index in [1.807, 2.05) is 0 Å². The first-order valence-electron chi connectivity index (χ1n) is 6.47. The highest BCUT2D eigenvalue weighted by Gasteiger charge is 2.18. The van der Waals surface area contributed by atoms with Crippen molar-refractivity contribution in [3.05, 3.63) is 35.6 Å². The molecule has 1 unspecified atom stereocenters. The van der Waals surface area contributed by atoms with Crippen LogP contribution in [0.1, 0.15) is 26.3 Å². The lowest BCUT2D eigenvalue weighted by atomic mass is 10.0. The summed E-state index contributed by atoms with van der Waals surface area (Å²) in [4.78, 5) is 22.5. The second kappa shape index (κ2) is 7.03. The summed E-state index contributed by atoms with van der Waals surface area (Å²) in [6.07, 6.45) is 0.369. The molecule has 1 amide bonds. The van der Waals surface area contributed by atoms with Crippen molar-refractivity contribution in [2.75, 3.05) is 6.54 Å². The number of hydrogen-bond donors (Lipinski definition) is 1. The van der Waals surface area contributed by atoms with Gasteiger partial charge in [-0.1, -0.05) is 18.2 Å². The molecular weight excluding hydrogens is 261 g/mol. The number of amides is 1. The lowest BCUT2D eigenvalue weighted by Gasteiger charge is -2.20. The molecule has 0 saturated heterocycles. The highest BCUT2D eigenvalue weighted by Crippen LogP contribution is 2.12. The van der Waals surface area contributed by atoms with Gasteiger partial charge < -0.3 is 14.8 Å². The van der Waals surface area contributed by atoms with Crippen molar-refractivity contribution in [3.63, 3.8) is 0 Å². The van der Waals surface area contributed by atoms with E-state index in [1.165, 1.54) is 6.07 Å². The Morgan fingerprint density at radius 3 is 2.60 bits per heavy atom. The van der Waals surface area contributed by atoms with Crippen molar-refractivity contribution >= 4 is 12.4 Å². The van der Waals surface area contributed by atoms with Gasteiger partial charge in [0, 0.05) is 12.5 Å². The van der Waals surface area contributed by atoms with Crippen LogP contribution >= 0.6 is 0 Å². The third-order valence-corrected chi connectivity index (χ3v) is 2.54. The van der Waals surface area contributed by atoms with Gasteiger partial charge in [-0.05, 0) is 38.8 Å². The highest BCUT2D eigenvalue weighted by molar-refractivity contribution is 5.68. The molecule has 0 spiro atoms. The molecule has 1 atom stereocenters. The lowest BCUT2D eigenvalue weighted by Crippen LogP contribution is -2.36. The zero-order valence-electron chi connectivity index (χ0n) is 12.0. The van der Waals surface area contributed by atoms with Gasteiger partial charge >= 0.3 is 6.09 Å². The van der Waals surface area contributed by atoms with Crippen LogP contribution in [0.25, 0.3) is 0 Å².